The molecule has 0 fully saturated rings. The van der Waals surface area contributed by atoms with E-state index in [0.29, 0.717) is 38.0 Å². The molecule has 4 aromatic rings. The summed E-state index contributed by atoms with van der Waals surface area (Å²) in [4.78, 5) is 12.4. The number of aromatic nitrogens is 4. The third kappa shape index (κ3) is 6.45. The van der Waals surface area contributed by atoms with Crippen molar-refractivity contribution in [3.05, 3.63) is 70.5 Å². The minimum Gasteiger partial charge on any atom is -0.497 e. The second-order valence-corrected chi connectivity index (χ2v) is 10.9. The normalized spacial score (nSPS) is 11.5. The predicted octanol–water partition coefficient (Wildman–Crippen LogP) is 3.69. The Morgan fingerprint density at radius 3 is 2.56 bits per heavy atom. The van der Waals surface area contributed by atoms with Crippen molar-refractivity contribution in [2.45, 2.75) is 16.3 Å². The topological polar surface area (TPSA) is 128 Å². The summed E-state index contributed by atoms with van der Waals surface area (Å²) in [6, 6.07) is 14.4. The molecular formula is C22H20Cl2N6O4S2. The Kier molecular flexibility index (Phi) is 8.32. The van der Waals surface area contributed by atoms with E-state index in [0.717, 1.165) is 0 Å². The third-order valence-corrected chi connectivity index (χ3v) is 8.00. The van der Waals surface area contributed by atoms with Gasteiger partial charge in [0.25, 0.3) is 0 Å². The molecule has 10 nitrogen and oxygen atoms in total. The lowest BCUT2D eigenvalue weighted by atomic mass is 10.3. The number of sulfonamides is 1. The number of hydrogen-bond donors (Lipinski definition) is 2. The zero-order valence-electron chi connectivity index (χ0n) is 18.8. The van der Waals surface area contributed by atoms with E-state index in [1.807, 2.05) is 0 Å². The molecule has 1 amide bonds. The minimum absolute atomic E-state index is 0.0975. The number of nitrogens with zero attached hydrogens (tertiary/aromatic N) is 4. The number of amides is 1. The van der Waals surface area contributed by atoms with E-state index >= 15 is 0 Å². The fourth-order valence-electron chi connectivity index (χ4n) is 3.10. The van der Waals surface area contributed by atoms with E-state index in [1.54, 1.807) is 42.5 Å². The van der Waals surface area contributed by atoms with Crippen LogP contribution in [0.1, 0.15) is 5.82 Å². The number of rotatable bonds is 10. The van der Waals surface area contributed by atoms with Crippen LogP contribution in [0.5, 0.6) is 5.75 Å². The van der Waals surface area contributed by atoms with Crippen molar-refractivity contribution < 1.29 is 17.9 Å². The Bertz CT molecular complexity index is 1500. The van der Waals surface area contributed by atoms with E-state index in [2.05, 4.69) is 25.3 Å². The molecule has 0 aliphatic rings. The van der Waals surface area contributed by atoms with Gasteiger partial charge in [-0.05, 0) is 54.6 Å². The van der Waals surface area contributed by atoms with Gasteiger partial charge in [-0.2, -0.15) is 9.61 Å². The van der Waals surface area contributed by atoms with Crippen molar-refractivity contribution in [2.24, 2.45) is 0 Å². The number of anilines is 1. The Balaban J connectivity index is 1.35. The summed E-state index contributed by atoms with van der Waals surface area (Å²) in [5, 5.41) is 16.7. The Morgan fingerprint density at radius 1 is 1.06 bits per heavy atom. The molecule has 0 spiro atoms. The molecule has 0 bridgehead atoms. The van der Waals surface area contributed by atoms with Crippen LogP contribution in [-0.2, 0) is 21.2 Å². The zero-order valence-corrected chi connectivity index (χ0v) is 22.0. The van der Waals surface area contributed by atoms with E-state index in [-0.39, 0.29) is 29.5 Å². The molecule has 14 heteroatoms. The van der Waals surface area contributed by atoms with Crippen LogP contribution < -0.4 is 14.8 Å². The number of methoxy groups -OCH3 is 1. The lowest BCUT2D eigenvalue weighted by Crippen LogP contribution is -2.26. The molecule has 2 aromatic carbocycles. The molecule has 4 rings (SSSR count). The second-order valence-electron chi connectivity index (χ2n) is 7.35. The first kappa shape index (κ1) is 26.2. The molecule has 0 unspecified atom stereocenters. The van der Waals surface area contributed by atoms with Gasteiger partial charge in [0, 0.05) is 18.7 Å². The van der Waals surface area contributed by atoms with E-state index in [9.17, 15) is 13.2 Å². The Labute approximate surface area is 221 Å². The molecule has 188 valence electrons. The summed E-state index contributed by atoms with van der Waals surface area (Å²) in [7, 11) is -2.19. The first-order chi connectivity index (χ1) is 17.2. The van der Waals surface area contributed by atoms with Crippen LogP contribution >= 0.6 is 35.0 Å². The van der Waals surface area contributed by atoms with Crippen molar-refractivity contribution in [1.29, 1.82) is 0 Å². The molecule has 0 radical (unpaired) electrons. The molecule has 0 atom stereocenters. The maximum atomic E-state index is 12.5. The lowest BCUT2D eigenvalue weighted by Gasteiger charge is -2.08. The summed E-state index contributed by atoms with van der Waals surface area (Å²) in [6.07, 6.45) is 0.259. The fraction of sp³-hybridized carbons (Fsp3) is 0.182. The van der Waals surface area contributed by atoms with Gasteiger partial charge >= 0.3 is 0 Å². The van der Waals surface area contributed by atoms with Crippen molar-refractivity contribution in [1.82, 2.24) is 24.5 Å². The van der Waals surface area contributed by atoms with E-state index < -0.39 is 10.0 Å². The Hall–Kier alpha value is -2.90. The number of nitrogens with one attached hydrogen (secondary N) is 2. The maximum absolute atomic E-state index is 12.5. The number of ether oxygens (including phenoxy) is 1. The van der Waals surface area contributed by atoms with Gasteiger partial charge in [-0.3, -0.25) is 4.79 Å². The molecule has 2 heterocycles. The second kappa shape index (κ2) is 11.4. The molecule has 36 heavy (non-hydrogen) atoms. The summed E-state index contributed by atoms with van der Waals surface area (Å²) in [5.41, 5.74) is 1.05. The summed E-state index contributed by atoms with van der Waals surface area (Å²) in [5.74, 6) is 0.913. The van der Waals surface area contributed by atoms with Crippen molar-refractivity contribution >= 4 is 62.2 Å². The first-order valence-corrected chi connectivity index (χ1v) is 13.7. The van der Waals surface area contributed by atoms with Crippen molar-refractivity contribution in [2.75, 3.05) is 24.7 Å². The largest absolute Gasteiger partial charge is 0.497 e. The Morgan fingerprint density at radius 2 is 1.83 bits per heavy atom. The summed E-state index contributed by atoms with van der Waals surface area (Å²) in [6.45, 7) is 0.0975. The molecule has 2 aromatic heterocycles. The first-order valence-electron chi connectivity index (χ1n) is 10.5. The highest BCUT2D eigenvalue weighted by Gasteiger charge is 2.15. The van der Waals surface area contributed by atoms with Gasteiger partial charge in [0.05, 0.1) is 27.8 Å². The van der Waals surface area contributed by atoms with Crippen LogP contribution in [0.2, 0.25) is 10.0 Å². The third-order valence-electron chi connectivity index (χ3n) is 4.87. The number of carbonyl (C=O) groups is 1. The van der Waals surface area contributed by atoms with Crippen molar-refractivity contribution in [3.63, 3.8) is 0 Å². The average Bonchev–Trinajstić information content (AvgIpc) is 3.27. The SMILES string of the molecule is COc1ccc(S(=O)(=O)NCCc2nnc3ccc(SCC(=O)Nc4ccc(Cl)c(Cl)c4)nn23)cc1. The lowest BCUT2D eigenvalue weighted by molar-refractivity contribution is -0.113. The predicted molar refractivity (Wildman–Crippen MR) is 138 cm³/mol. The van der Waals surface area contributed by atoms with Crippen LogP contribution in [0.15, 0.2) is 64.5 Å². The quantitative estimate of drug-likeness (QED) is 0.278. The van der Waals surface area contributed by atoms with Crippen LogP contribution in [0.4, 0.5) is 5.69 Å². The highest BCUT2D eigenvalue weighted by atomic mass is 35.5. The average molecular weight is 567 g/mol. The smallest absolute Gasteiger partial charge is 0.240 e. The number of fused-ring (bicyclic) bond motifs is 1. The van der Waals surface area contributed by atoms with E-state index in [1.165, 1.54) is 35.5 Å². The number of carbonyl (C=O) groups excluding carboxylic acids is 1. The zero-order chi connectivity index (χ0) is 25.7. The number of thioether (sulfide) groups is 1. The maximum Gasteiger partial charge on any atom is 0.240 e. The molecule has 0 saturated carbocycles. The molecular weight excluding hydrogens is 547 g/mol. The molecule has 0 aliphatic carbocycles. The van der Waals surface area contributed by atoms with Gasteiger partial charge < -0.3 is 10.1 Å². The summed E-state index contributed by atoms with van der Waals surface area (Å²) >= 11 is 13.1. The van der Waals surface area contributed by atoms with Gasteiger partial charge in [0.1, 0.15) is 10.8 Å². The number of benzene rings is 2. The van der Waals surface area contributed by atoms with Crippen LogP contribution in [-0.4, -0.2) is 53.5 Å². The monoisotopic (exact) mass is 566 g/mol. The van der Waals surface area contributed by atoms with Gasteiger partial charge in [-0.15, -0.1) is 10.2 Å². The summed E-state index contributed by atoms with van der Waals surface area (Å²) < 4.78 is 34.2. The number of hydrogen-bond acceptors (Lipinski definition) is 8. The van der Waals surface area contributed by atoms with Gasteiger partial charge in [-0.25, -0.2) is 13.1 Å². The van der Waals surface area contributed by atoms with Crippen molar-refractivity contribution in [3.8, 4) is 5.75 Å². The molecule has 0 aliphatic heterocycles. The van der Waals surface area contributed by atoms with Crippen LogP contribution in [0.3, 0.4) is 0 Å². The molecule has 2 N–H and O–H groups in total. The number of halogens is 2. The van der Waals surface area contributed by atoms with Gasteiger partial charge in [0.2, 0.25) is 15.9 Å². The highest BCUT2D eigenvalue weighted by Crippen LogP contribution is 2.25. The fourth-order valence-corrected chi connectivity index (χ4v) is 5.08. The van der Waals surface area contributed by atoms with Crippen LogP contribution in [0, 0.1) is 0 Å². The van der Waals surface area contributed by atoms with E-state index in [4.69, 9.17) is 27.9 Å². The minimum atomic E-state index is -3.70. The standard InChI is InChI=1S/C22H20Cl2N6O4S2/c1-34-15-3-5-16(6-4-15)36(32,33)25-11-10-20-28-27-19-8-9-22(29-30(19)20)35-13-21(31)26-14-2-7-17(23)18(24)12-14/h2-9,12,25H,10-11,13H2,1H3,(H,26,31). The van der Waals surface area contributed by atoms with Gasteiger partial charge in [0.15, 0.2) is 11.5 Å². The highest BCUT2D eigenvalue weighted by molar-refractivity contribution is 7.99. The van der Waals surface area contributed by atoms with Gasteiger partial charge in [-0.1, -0.05) is 35.0 Å². The van der Waals surface area contributed by atoms with Crippen LogP contribution in [0.25, 0.3) is 5.65 Å². The molecule has 0 saturated heterocycles.